The van der Waals surface area contributed by atoms with E-state index in [2.05, 4.69) is 0 Å². The minimum Gasteiger partial charge on any atom is -0.379 e. The molecule has 1 saturated heterocycles. The number of ether oxygens (including phenoxy) is 1. The van der Waals surface area contributed by atoms with Crippen molar-refractivity contribution in [1.29, 1.82) is 0 Å². The fourth-order valence-corrected chi connectivity index (χ4v) is 3.23. The van der Waals surface area contributed by atoms with E-state index in [9.17, 15) is 9.59 Å². The van der Waals surface area contributed by atoms with E-state index < -0.39 is 11.9 Å². The van der Waals surface area contributed by atoms with Crippen molar-refractivity contribution in [1.82, 2.24) is 4.90 Å². The van der Waals surface area contributed by atoms with Crippen molar-refractivity contribution in [3.05, 3.63) is 35.9 Å². The first-order chi connectivity index (χ1) is 10.5. The van der Waals surface area contributed by atoms with Crippen LogP contribution in [0.15, 0.2) is 30.3 Å². The van der Waals surface area contributed by atoms with Gasteiger partial charge in [0.2, 0.25) is 11.8 Å². The van der Waals surface area contributed by atoms with Gasteiger partial charge in [-0.1, -0.05) is 44.2 Å². The van der Waals surface area contributed by atoms with E-state index in [4.69, 9.17) is 10.5 Å². The van der Waals surface area contributed by atoms with E-state index in [1.807, 2.05) is 44.2 Å². The molecule has 4 atom stereocenters. The van der Waals surface area contributed by atoms with Gasteiger partial charge in [-0.25, -0.2) is 0 Å². The summed E-state index contributed by atoms with van der Waals surface area (Å²) >= 11 is 0. The maximum absolute atomic E-state index is 12.7. The first-order valence-electron chi connectivity index (χ1n) is 7.62. The Balaban J connectivity index is 2.11. The molecule has 0 unspecified atom stereocenters. The Hall–Kier alpha value is -1.88. The van der Waals surface area contributed by atoms with Crippen molar-refractivity contribution in [2.45, 2.75) is 32.4 Å². The molecule has 1 aliphatic heterocycles. The van der Waals surface area contributed by atoms with Crippen LogP contribution in [0.5, 0.6) is 0 Å². The van der Waals surface area contributed by atoms with Gasteiger partial charge < -0.3 is 15.4 Å². The molecule has 2 amide bonds. The number of carbonyl (C=O) groups is 2. The smallest absolute Gasteiger partial charge is 0.240 e. The lowest BCUT2D eigenvalue weighted by Crippen LogP contribution is -2.48. The van der Waals surface area contributed by atoms with Crippen LogP contribution in [-0.2, 0) is 20.7 Å². The fourth-order valence-electron chi connectivity index (χ4n) is 3.23. The van der Waals surface area contributed by atoms with E-state index in [1.54, 1.807) is 12.0 Å². The van der Waals surface area contributed by atoms with Gasteiger partial charge in [0, 0.05) is 25.5 Å². The summed E-state index contributed by atoms with van der Waals surface area (Å²) in [6.45, 7) is 4.21. The molecule has 5 heteroatoms. The van der Waals surface area contributed by atoms with Crippen LogP contribution in [-0.4, -0.2) is 42.5 Å². The number of methoxy groups -OCH3 is 1. The number of benzene rings is 1. The topological polar surface area (TPSA) is 72.6 Å². The van der Waals surface area contributed by atoms with Crippen LogP contribution in [0, 0.1) is 11.8 Å². The molecule has 2 rings (SSSR count). The summed E-state index contributed by atoms with van der Waals surface area (Å²) < 4.78 is 5.38. The molecule has 1 aromatic carbocycles. The van der Waals surface area contributed by atoms with Gasteiger partial charge in [0.1, 0.15) is 6.04 Å². The Kier molecular flexibility index (Phi) is 5.19. The van der Waals surface area contributed by atoms with Gasteiger partial charge in [-0.2, -0.15) is 0 Å². The molecule has 1 heterocycles. The molecule has 1 fully saturated rings. The van der Waals surface area contributed by atoms with Crippen molar-refractivity contribution in [2.75, 3.05) is 13.7 Å². The third kappa shape index (κ3) is 3.30. The Morgan fingerprint density at radius 1 is 1.36 bits per heavy atom. The molecule has 1 aliphatic rings. The van der Waals surface area contributed by atoms with Crippen LogP contribution in [0.1, 0.15) is 19.4 Å². The van der Waals surface area contributed by atoms with Crippen LogP contribution >= 0.6 is 0 Å². The predicted octanol–water partition coefficient (Wildman–Crippen LogP) is 1.21. The van der Waals surface area contributed by atoms with Crippen LogP contribution in [0.4, 0.5) is 0 Å². The molecule has 1 aromatic rings. The number of amides is 2. The molecular weight excluding hydrogens is 280 g/mol. The van der Waals surface area contributed by atoms with Crippen LogP contribution in [0.2, 0.25) is 0 Å². The van der Waals surface area contributed by atoms with Gasteiger partial charge in [0.25, 0.3) is 0 Å². The summed E-state index contributed by atoms with van der Waals surface area (Å²) in [5.74, 6) is -0.797. The Morgan fingerprint density at radius 3 is 2.55 bits per heavy atom. The SMILES string of the molecule is CO[C@H]1CN(C(=O)[C@@H](C)Cc2ccccc2)[C@H](C(N)=O)[C@@H]1C. The minimum absolute atomic E-state index is 0.0425. The van der Waals surface area contributed by atoms with Gasteiger partial charge in [-0.15, -0.1) is 0 Å². The minimum atomic E-state index is -0.587. The zero-order chi connectivity index (χ0) is 16.3. The molecule has 5 nitrogen and oxygen atoms in total. The molecular formula is C17H24N2O3. The van der Waals surface area contributed by atoms with E-state index >= 15 is 0 Å². The quantitative estimate of drug-likeness (QED) is 0.889. The molecule has 120 valence electrons. The van der Waals surface area contributed by atoms with Crippen LogP contribution in [0.25, 0.3) is 0 Å². The van der Waals surface area contributed by atoms with E-state index in [0.29, 0.717) is 13.0 Å². The number of hydrogen-bond donors (Lipinski definition) is 1. The number of nitrogens with zero attached hydrogens (tertiary/aromatic N) is 1. The molecule has 0 aromatic heterocycles. The van der Waals surface area contributed by atoms with Gasteiger partial charge in [-0.3, -0.25) is 9.59 Å². The zero-order valence-corrected chi connectivity index (χ0v) is 13.4. The first-order valence-corrected chi connectivity index (χ1v) is 7.62. The lowest BCUT2D eigenvalue weighted by molar-refractivity contribution is -0.141. The van der Waals surface area contributed by atoms with Gasteiger partial charge in [-0.05, 0) is 12.0 Å². The summed E-state index contributed by atoms with van der Waals surface area (Å²) in [6, 6.07) is 9.27. The molecule has 0 bridgehead atoms. The molecule has 0 aliphatic carbocycles. The number of hydrogen-bond acceptors (Lipinski definition) is 3. The molecule has 2 N–H and O–H groups in total. The molecule has 22 heavy (non-hydrogen) atoms. The summed E-state index contributed by atoms with van der Waals surface area (Å²) in [5, 5.41) is 0. The molecule has 0 radical (unpaired) electrons. The monoisotopic (exact) mass is 304 g/mol. The fraction of sp³-hybridized carbons (Fsp3) is 0.529. The second-order valence-electron chi connectivity index (χ2n) is 6.06. The average Bonchev–Trinajstić information content (AvgIpc) is 2.84. The third-order valence-electron chi connectivity index (χ3n) is 4.48. The van der Waals surface area contributed by atoms with Crippen molar-refractivity contribution in [2.24, 2.45) is 17.6 Å². The highest BCUT2D eigenvalue weighted by Gasteiger charge is 2.45. The molecule has 0 spiro atoms. The number of carbonyl (C=O) groups excluding carboxylic acids is 2. The molecule has 0 saturated carbocycles. The van der Waals surface area contributed by atoms with Crippen molar-refractivity contribution >= 4 is 11.8 Å². The number of primary amides is 1. The average molecular weight is 304 g/mol. The Labute approximate surface area is 131 Å². The third-order valence-corrected chi connectivity index (χ3v) is 4.48. The number of rotatable bonds is 5. The summed E-state index contributed by atoms with van der Waals surface area (Å²) in [7, 11) is 1.60. The normalized spacial score (nSPS) is 26.0. The van der Waals surface area contributed by atoms with Gasteiger partial charge in [0.15, 0.2) is 0 Å². The summed E-state index contributed by atoms with van der Waals surface area (Å²) in [6.07, 6.45) is 0.499. The largest absolute Gasteiger partial charge is 0.379 e. The van der Waals surface area contributed by atoms with Gasteiger partial charge >= 0.3 is 0 Å². The van der Waals surface area contributed by atoms with E-state index in [0.717, 1.165) is 5.56 Å². The number of nitrogens with two attached hydrogens (primary N) is 1. The predicted molar refractivity (Wildman–Crippen MR) is 84.0 cm³/mol. The van der Waals surface area contributed by atoms with E-state index in [1.165, 1.54) is 0 Å². The highest BCUT2D eigenvalue weighted by atomic mass is 16.5. The maximum Gasteiger partial charge on any atom is 0.240 e. The van der Waals surface area contributed by atoms with E-state index in [-0.39, 0.29) is 23.8 Å². The Morgan fingerprint density at radius 2 is 2.00 bits per heavy atom. The van der Waals surface area contributed by atoms with Crippen molar-refractivity contribution in [3.63, 3.8) is 0 Å². The zero-order valence-electron chi connectivity index (χ0n) is 13.4. The van der Waals surface area contributed by atoms with Gasteiger partial charge in [0.05, 0.1) is 6.10 Å². The highest BCUT2D eigenvalue weighted by Crippen LogP contribution is 2.28. The van der Waals surface area contributed by atoms with Crippen molar-refractivity contribution in [3.8, 4) is 0 Å². The Bertz CT molecular complexity index is 532. The maximum atomic E-state index is 12.7. The van der Waals surface area contributed by atoms with Crippen LogP contribution in [0.3, 0.4) is 0 Å². The lowest BCUT2D eigenvalue weighted by Gasteiger charge is -2.26. The standard InChI is InChI=1S/C17H24N2O3/c1-11(9-13-7-5-4-6-8-13)17(21)19-10-14(22-3)12(2)15(19)16(18)20/h4-8,11-12,14-15H,9-10H2,1-3H3,(H2,18,20)/t11-,12+,14-,15-/m0/s1. The van der Waals surface area contributed by atoms with Crippen LogP contribution < -0.4 is 5.73 Å². The number of likely N-dealkylation sites (tertiary alicyclic amines) is 1. The second-order valence-corrected chi connectivity index (χ2v) is 6.06. The summed E-state index contributed by atoms with van der Waals surface area (Å²) in [5.41, 5.74) is 6.60. The first kappa shape index (κ1) is 16.5. The lowest BCUT2D eigenvalue weighted by atomic mass is 9.97. The second kappa shape index (κ2) is 6.92. The highest BCUT2D eigenvalue weighted by molar-refractivity contribution is 5.88. The van der Waals surface area contributed by atoms with Crippen molar-refractivity contribution < 1.29 is 14.3 Å². The summed E-state index contributed by atoms with van der Waals surface area (Å²) in [4.78, 5) is 26.1.